The fourth-order valence-corrected chi connectivity index (χ4v) is 2.71. The van der Waals surface area contributed by atoms with E-state index in [-0.39, 0.29) is 0 Å². The monoisotopic (exact) mass is 211 g/mol. The molecule has 80 valence electrons. The summed E-state index contributed by atoms with van der Waals surface area (Å²) in [5, 5.41) is 3.61. The van der Waals surface area contributed by atoms with Crippen molar-refractivity contribution in [1.82, 2.24) is 5.32 Å². The summed E-state index contributed by atoms with van der Waals surface area (Å²) in [6.07, 6.45) is 1.20. The summed E-state index contributed by atoms with van der Waals surface area (Å²) in [6, 6.07) is 5.00. The molecule has 0 radical (unpaired) electrons. The van der Waals surface area contributed by atoms with Crippen LogP contribution in [-0.4, -0.2) is 6.54 Å². The third-order valence-electron chi connectivity index (χ3n) is 2.35. The molecule has 0 saturated heterocycles. The quantitative estimate of drug-likeness (QED) is 0.782. The lowest BCUT2D eigenvalue weighted by Crippen LogP contribution is -2.25. The average molecular weight is 211 g/mol. The molecule has 1 unspecified atom stereocenters. The van der Waals surface area contributed by atoms with Gasteiger partial charge in [0.2, 0.25) is 0 Å². The number of hydrogen-bond acceptors (Lipinski definition) is 2. The summed E-state index contributed by atoms with van der Waals surface area (Å²) in [5.41, 5.74) is 0. The summed E-state index contributed by atoms with van der Waals surface area (Å²) >= 11 is 1.91. The minimum absolute atomic E-state index is 0.536. The average Bonchev–Trinajstić information content (AvgIpc) is 2.52. The van der Waals surface area contributed by atoms with E-state index >= 15 is 0 Å². The number of rotatable bonds is 5. The van der Waals surface area contributed by atoms with Crippen LogP contribution in [0.3, 0.4) is 0 Å². The Balaban J connectivity index is 2.67. The SMILES string of the molecule is CCCNC(c1ccc(C)s1)C(C)C. The predicted molar refractivity (Wildman–Crippen MR) is 64.9 cm³/mol. The Kier molecular flexibility index (Phi) is 4.63. The molecule has 1 aromatic heterocycles. The maximum absolute atomic E-state index is 3.61. The van der Waals surface area contributed by atoms with E-state index in [0.717, 1.165) is 6.54 Å². The van der Waals surface area contributed by atoms with Crippen LogP contribution >= 0.6 is 11.3 Å². The molecule has 1 nitrogen and oxygen atoms in total. The minimum atomic E-state index is 0.536. The number of nitrogens with one attached hydrogen (secondary N) is 1. The molecule has 0 aromatic carbocycles. The van der Waals surface area contributed by atoms with Gasteiger partial charge in [-0.2, -0.15) is 0 Å². The molecule has 0 spiro atoms. The number of aryl methyl sites for hydroxylation is 1. The smallest absolute Gasteiger partial charge is 0.0438 e. The topological polar surface area (TPSA) is 12.0 Å². The van der Waals surface area contributed by atoms with Gasteiger partial charge in [-0.25, -0.2) is 0 Å². The molecule has 2 heteroatoms. The standard InChI is InChI=1S/C12H21NS/c1-5-8-13-12(9(2)3)11-7-6-10(4)14-11/h6-7,9,12-13H,5,8H2,1-4H3. The van der Waals surface area contributed by atoms with E-state index in [4.69, 9.17) is 0 Å². The second-order valence-electron chi connectivity index (χ2n) is 4.12. The zero-order valence-corrected chi connectivity index (χ0v) is 10.4. The van der Waals surface area contributed by atoms with Crippen LogP contribution in [0.4, 0.5) is 0 Å². The van der Waals surface area contributed by atoms with Gasteiger partial charge in [0.15, 0.2) is 0 Å². The highest BCUT2D eigenvalue weighted by molar-refractivity contribution is 7.12. The summed E-state index contributed by atoms with van der Waals surface area (Å²) in [6.45, 7) is 10.1. The summed E-state index contributed by atoms with van der Waals surface area (Å²) in [5.74, 6) is 0.666. The molecule has 0 saturated carbocycles. The first-order valence-electron chi connectivity index (χ1n) is 5.44. The molecule has 0 aliphatic heterocycles. The maximum Gasteiger partial charge on any atom is 0.0438 e. The van der Waals surface area contributed by atoms with Gasteiger partial charge in [-0.15, -0.1) is 11.3 Å². The lowest BCUT2D eigenvalue weighted by Gasteiger charge is -2.20. The van der Waals surface area contributed by atoms with Gasteiger partial charge in [-0.3, -0.25) is 0 Å². The second-order valence-corrected chi connectivity index (χ2v) is 5.44. The molecule has 0 aliphatic rings. The third kappa shape index (κ3) is 3.10. The van der Waals surface area contributed by atoms with Crippen molar-refractivity contribution in [2.45, 2.75) is 40.2 Å². The molecule has 1 aromatic rings. The molecule has 0 aliphatic carbocycles. The first-order valence-corrected chi connectivity index (χ1v) is 6.26. The Hall–Kier alpha value is -0.340. The van der Waals surface area contributed by atoms with Crippen LogP contribution < -0.4 is 5.32 Å². The van der Waals surface area contributed by atoms with Crippen LogP contribution in [0.2, 0.25) is 0 Å². The molecule has 0 amide bonds. The largest absolute Gasteiger partial charge is 0.309 e. The van der Waals surface area contributed by atoms with Crippen molar-refractivity contribution >= 4 is 11.3 Å². The van der Waals surface area contributed by atoms with Gasteiger partial charge >= 0.3 is 0 Å². The van der Waals surface area contributed by atoms with Gasteiger partial charge in [0.25, 0.3) is 0 Å². The van der Waals surface area contributed by atoms with Gasteiger partial charge in [0.05, 0.1) is 0 Å². The van der Waals surface area contributed by atoms with Gasteiger partial charge in [-0.05, 0) is 37.9 Å². The minimum Gasteiger partial charge on any atom is -0.309 e. The van der Waals surface area contributed by atoms with E-state index in [1.165, 1.54) is 16.2 Å². The Bertz CT molecular complexity index is 265. The van der Waals surface area contributed by atoms with Crippen LogP contribution in [-0.2, 0) is 0 Å². The summed E-state index contributed by atoms with van der Waals surface area (Å²) < 4.78 is 0. The van der Waals surface area contributed by atoms with Crippen LogP contribution in [0.5, 0.6) is 0 Å². The molecule has 1 heterocycles. The van der Waals surface area contributed by atoms with Gasteiger partial charge in [0.1, 0.15) is 0 Å². The summed E-state index contributed by atoms with van der Waals surface area (Å²) in [7, 11) is 0. The Morgan fingerprint density at radius 3 is 2.50 bits per heavy atom. The molecular formula is C12H21NS. The van der Waals surface area contributed by atoms with Crippen LogP contribution in [0.15, 0.2) is 12.1 Å². The molecule has 1 N–H and O–H groups in total. The van der Waals surface area contributed by atoms with E-state index in [0.29, 0.717) is 12.0 Å². The van der Waals surface area contributed by atoms with Crippen molar-refractivity contribution in [3.63, 3.8) is 0 Å². The first kappa shape index (κ1) is 11.7. The third-order valence-corrected chi connectivity index (χ3v) is 3.43. The van der Waals surface area contributed by atoms with E-state index in [2.05, 4.69) is 45.1 Å². The van der Waals surface area contributed by atoms with Crippen LogP contribution in [0.1, 0.15) is 43.0 Å². The molecule has 1 atom stereocenters. The number of hydrogen-bond donors (Lipinski definition) is 1. The van der Waals surface area contributed by atoms with Crippen molar-refractivity contribution in [2.24, 2.45) is 5.92 Å². The van der Waals surface area contributed by atoms with Crippen molar-refractivity contribution in [3.05, 3.63) is 21.9 Å². The first-order chi connectivity index (χ1) is 6.65. The van der Waals surface area contributed by atoms with E-state index < -0.39 is 0 Å². The fourth-order valence-electron chi connectivity index (χ4n) is 1.59. The van der Waals surface area contributed by atoms with Crippen molar-refractivity contribution < 1.29 is 0 Å². The fraction of sp³-hybridized carbons (Fsp3) is 0.667. The van der Waals surface area contributed by atoms with E-state index in [1.54, 1.807) is 0 Å². The van der Waals surface area contributed by atoms with Gasteiger partial charge in [-0.1, -0.05) is 20.8 Å². The molecule has 0 fully saturated rings. The highest BCUT2D eigenvalue weighted by Gasteiger charge is 2.15. The second kappa shape index (κ2) is 5.52. The van der Waals surface area contributed by atoms with Crippen LogP contribution in [0.25, 0.3) is 0 Å². The van der Waals surface area contributed by atoms with Crippen molar-refractivity contribution in [2.75, 3.05) is 6.54 Å². The Labute approximate surface area is 91.5 Å². The highest BCUT2D eigenvalue weighted by atomic mass is 32.1. The highest BCUT2D eigenvalue weighted by Crippen LogP contribution is 2.27. The lowest BCUT2D eigenvalue weighted by molar-refractivity contribution is 0.418. The summed E-state index contributed by atoms with van der Waals surface area (Å²) in [4.78, 5) is 2.88. The lowest BCUT2D eigenvalue weighted by atomic mass is 10.0. The van der Waals surface area contributed by atoms with E-state index in [1.807, 2.05) is 11.3 Å². The van der Waals surface area contributed by atoms with Crippen molar-refractivity contribution in [3.8, 4) is 0 Å². The predicted octanol–water partition coefficient (Wildman–Crippen LogP) is 3.75. The molecule has 14 heavy (non-hydrogen) atoms. The zero-order valence-electron chi connectivity index (χ0n) is 9.63. The van der Waals surface area contributed by atoms with Crippen molar-refractivity contribution in [1.29, 1.82) is 0 Å². The van der Waals surface area contributed by atoms with E-state index in [9.17, 15) is 0 Å². The maximum atomic E-state index is 3.61. The molecule has 1 rings (SSSR count). The zero-order chi connectivity index (χ0) is 10.6. The Morgan fingerprint density at radius 2 is 2.07 bits per heavy atom. The van der Waals surface area contributed by atoms with Crippen LogP contribution in [0, 0.1) is 12.8 Å². The normalized spacial score (nSPS) is 13.5. The molecule has 0 bridgehead atoms. The van der Waals surface area contributed by atoms with Gasteiger partial charge < -0.3 is 5.32 Å². The van der Waals surface area contributed by atoms with Gasteiger partial charge in [0, 0.05) is 15.8 Å². The molecular weight excluding hydrogens is 190 g/mol. The Morgan fingerprint density at radius 1 is 1.36 bits per heavy atom. The number of thiophene rings is 1.